The summed E-state index contributed by atoms with van der Waals surface area (Å²) in [5.74, 6) is -0.892. The second-order valence-corrected chi connectivity index (χ2v) is 3.36. The molecule has 1 amide bonds. The maximum absolute atomic E-state index is 13.6. The fraction of sp³-hybridized carbons (Fsp3) is 0.300. The first-order valence-corrected chi connectivity index (χ1v) is 5.13. The summed E-state index contributed by atoms with van der Waals surface area (Å²) in [6, 6.07) is 1.90. The lowest BCUT2D eigenvalue weighted by atomic mass is 10.2. The summed E-state index contributed by atoms with van der Waals surface area (Å²) < 4.78 is 22.8. The number of anilines is 1. The van der Waals surface area contributed by atoms with E-state index in [0.717, 1.165) is 12.1 Å². The fourth-order valence-corrected chi connectivity index (χ4v) is 1.32. The number of methoxy groups -OCH3 is 1. The number of nitrogens with zero attached hydrogens (tertiary/aromatic N) is 1. The third kappa shape index (κ3) is 3.98. The highest BCUT2D eigenvalue weighted by Crippen LogP contribution is 2.32. The Balaban J connectivity index is 2.79. The van der Waals surface area contributed by atoms with Gasteiger partial charge in [0.25, 0.3) is 0 Å². The molecule has 0 atom stereocenters. The van der Waals surface area contributed by atoms with Gasteiger partial charge in [0.2, 0.25) is 0 Å². The second kappa shape index (κ2) is 6.38. The number of amides is 1. The molecule has 1 rings (SSSR count). The minimum atomic E-state index is -0.941. The van der Waals surface area contributed by atoms with E-state index < -0.39 is 22.5 Å². The number of nitro groups is 1. The average molecular weight is 273 g/mol. The first kappa shape index (κ1) is 14.5. The molecule has 104 valence electrons. The highest BCUT2D eigenvalue weighted by Gasteiger charge is 2.18. The summed E-state index contributed by atoms with van der Waals surface area (Å²) in [5, 5.41) is 13.2. The molecule has 1 aromatic carbocycles. The number of hydrogen-bond acceptors (Lipinski definition) is 6. The molecule has 19 heavy (non-hydrogen) atoms. The minimum absolute atomic E-state index is 0.00415. The van der Waals surface area contributed by atoms with Crippen molar-refractivity contribution in [3.05, 3.63) is 28.1 Å². The van der Waals surface area contributed by atoms with Crippen LogP contribution in [-0.2, 0) is 4.74 Å². The first-order valence-electron chi connectivity index (χ1n) is 5.13. The van der Waals surface area contributed by atoms with Crippen LogP contribution in [0.3, 0.4) is 0 Å². The van der Waals surface area contributed by atoms with Crippen LogP contribution in [0.15, 0.2) is 12.1 Å². The van der Waals surface area contributed by atoms with Gasteiger partial charge in [-0.1, -0.05) is 0 Å². The standard InChI is InChI=1S/C10H12FN3O5/c1-18-9-5-7(13-2-3-19-10(12)15)6(11)4-8(9)14(16)17/h4-5,13H,2-3H2,1H3,(H2,12,15). The SMILES string of the molecule is COc1cc(NCCOC(N)=O)c(F)cc1[N+](=O)[O-]. The van der Waals surface area contributed by atoms with Gasteiger partial charge in [0.1, 0.15) is 6.61 Å². The van der Waals surface area contributed by atoms with Crippen LogP contribution < -0.4 is 15.8 Å². The van der Waals surface area contributed by atoms with Gasteiger partial charge < -0.3 is 20.5 Å². The number of primary amides is 1. The van der Waals surface area contributed by atoms with Crippen molar-refractivity contribution in [3.8, 4) is 5.75 Å². The zero-order chi connectivity index (χ0) is 14.4. The Morgan fingerprint density at radius 3 is 2.79 bits per heavy atom. The normalized spacial score (nSPS) is 9.79. The molecule has 0 saturated heterocycles. The predicted octanol–water partition coefficient (Wildman–Crippen LogP) is 1.25. The van der Waals surface area contributed by atoms with E-state index in [1.54, 1.807) is 0 Å². The van der Waals surface area contributed by atoms with Crippen molar-refractivity contribution in [2.75, 3.05) is 25.6 Å². The van der Waals surface area contributed by atoms with Crippen LogP contribution in [-0.4, -0.2) is 31.3 Å². The number of benzene rings is 1. The van der Waals surface area contributed by atoms with Gasteiger partial charge in [-0.3, -0.25) is 10.1 Å². The van der Waals surface area contributed by atoms with Crippen LogP contribution in [0.5, 0.6) is 5.75 Å². The highest BCUT2D eigenvalue weighted by atomic mass is 19.1. The zero-order valence-corrected chi connectivity index (χ0v) is 10.0. The van der Waals surface area contributed by atoms with Crippen LogP contribution in [0.4, 0.5) is 20.6 Å². The Labute approximate surface area is 107 Å². The highest BCUT2D eigenvalue weighted by molar-refractivity contribution is 5.64. The van der Waals surface area contributed by atoms with E-state index in [-0.39, 0.29) is 24.6 Å². The quantitative estimate of drug-likeness (QED) is 0.457. The third-order valence-corrected chi connectivity index (χ3v) is 2.13. The molecule has 0 aliphatic rings. The van der Waals surface area contributed by atoms with Gasteiger partial charge in [-0.05, 0) is 0 Å². The number of ether oxygens (including phenoxy) is 2. The number of rotatable bonds is 6. The maximum atomic E-state index is 13.6. The number of carbonyl (C=O) groups excluding carboxylic acids is 1. The summed E-state index contributed by atoms with van der Waals surface area (Å²) >= 11 is 0. The van der Waals surface area contributed by atoms with Gasteiger partial charge >= 0.3 is 11.8 Å². The van der Waals surface area contributed by atoms with Crippen molar-refractivity contribution in [1.29, 1.82) is 0 Å². The number of carbonyl (C=O) groups is 1. The molecule has 8 nitrogen and oxygen atoms in total. The summed E-state index contributed by atoms with van der Waals surface area (Å²) in [7, 11) is 1.24. The molecule has 9 heteroatoms. The van der Waals surface area contributed by atoms with Gasteiger partial charge in [-0.25, -0.2) is 9.18 Å². The Morgan fingerprint density at radius 1 is 1.58 bits per heavy atom. The summed E-state index contributed by atoms with van der Waals surface area (Å²) in [6.07, 6.45) is -0.941. The number of halogens is 1. The van der Waals surface area contributed by atoms with Crippen molar-refractivity contribution in [2.24, 2.45) is 5.73 Å². The van der Waals surface area contributed by atoms with Crippen LogP contribution in [0.2, 0.25) is 0 Å². The lowest BCUT2D eigenvalue weighted by Crippen LogP contribution is -2.18. The predicted molar refractivity (Wildman–Crippen MR) is 63.6 cm³/mol. The number of nitrogens with two attached hydrogens (primary N) is 1. The second-order valence-electron chi connectivity index (χ2n) is 3.36. The number of hydrogen-bond donors (Lipinski definition) is 2. The van der Waals surface area contributed by atoms with Crippen molar-refractivity contribution in [3.63, 3.8) is 0 Å². The van der Waals surface area contributed by atoms with E-state index in [9.17, 15) is 19.3 Å². The molecule has 0 spiro atoms. The van der Waals surface area contributed by atoms with E-state index in [2.05, 4.69) is 10.1 Å². The van der Waals surface area contributed by atoms with Gasteiger partial charge in [-0.15, -0.1) is 0 Å². The number of nitro benzene ring substituents is 1. The van der Waals surface area contributed by atoms with Crippen molar-refractivity contribution in [1.82, 2.24) is 0 Å². The molecular formula is C10H12FN3O5. The Bertz CT molecular complexity index is 494. The van der Waals surface area contributed by atoms with Gasteiger partial charge in [0.05, 0.1) is 23.8 Å². The van der Waals surface area contributed by atoms with Gasteiger partial charge in [0, 0.05) is 12.6 Å². The van der Waals surface area contributed by atoms with Gasteiger partial charge in [-0.2, -0.15) is 0 Å². The molecule has 0 unspecified atom stereocenters. The molecule has 0 radical (unpaired) electrons. The van der Waals surface area contributed by atoms with Crippen molar-refractivity contribution >= 4 is 17.5 Å². The lowest BCUT2D eigenvalue weighted by molar-refractivity contribution is -0.385. The fourth-order valence-electron chi connectivity index (χ4n) is 1.32. The zero-order valence-electron chi connectivity index (χ0n) is 10.0. The molecule has 3 N–H and O–H groups in total. The summed E-state index contributed by atoms with van der Waals surface area (Å²) in [4.78, 5) is 20.2. The maximum Gasteiger partial charge on any atom is 0.404 e. The summed E-state index contributed by atoms with van der Waals surface area (Å²) in [5.41, 5.74) is 4.27. The van der Waals surface area contributed by atoms with E-state index in [0.29, 0.717) is 0 Å². The van der Waals surface area contributed by atoms with Crippen LogP contribution in [0.25, 0.3) is 0 Å². The molecule has 0 bridgehead atoms. The molecule has 0 aliphatic heterocycles. The monoisotopic (exact) mass is 273 g/mol. The topological polar surface area (TPSA) is 117 Å². The largest absolute Gasteiger partial charge is 0.490 e. The first-order chi connectivity index (χ1) is 8.95. The Hall–Kier alpha value is -2.58. The lowest BCUT2D eigenvalue weighted by Gasteiger charge is -2.09. The molecule has 0 fully saturated rings. The van der Waals surface area contributed by atoms with E-state index >= 15 is 0 Å². The molecule has 0 aliphatic carbocycles. The smallest absolute Gasteiger partial charge is 0.404 e. The van der Waals surface area contributed by atoms with Gasteiger partial charge in [0.15, 0.2) is 11.6 Å². The van der Waals surface area contributed by atoms with Crippen LogP contribution in [0, 0.1) is 15.9 Å². The molecule has 0 heterocycles. The third-order valence-electron chi connectivity index (χ3n) is 2.13. The number of nitrogens with one attached hydrogen (secondary N) is 1. The van der Waals surface area contributed by atoms with Crippen molar-refractivity contribution < 1.29 is 23.6 Å². The van der Waals surface area contributed by atoms with Crippen molar-refractivity contribution in [2.45, 2.75) is 0 Å². The Morgan fingerprint density at radius 2 is 2.26 bits per heavy atom. The van der Waals surface area contributed by atoms with Crippen LogP contribution in [0.1, 0.15) is 0 Å². The molecule has 1 aromatic rings. The minimum Gasteiger partial charge on any atom is -0.490 e. The Kier molecular flexibility index (Phi) is 4.86. The van der Waals surface area contributed by atoms with E-state index in [1.165, 1.54) is 7.11 Å². The average Bonchev–Trinajstić information content (AvgIpc) is 2.35. The van der Waals surface area contributed by atoms with Crippen LogP contribution >= 0.6 is 0 Å². The molecular weight excluding hydrogens is 261 g/mol. The molecule has 0 saturated carbocycles. The summed E-state index contributed by atoms with van der Waals surface area (Å²) in [6.45, 7) is 0.0366. The molecule has 0 aromatic heterocycles. The van der Waals surface area contributed by atoms with E-state index in [4.69, 9.17) is 10.5 Å². The van der Waals surface area contributed by atoms with E-state index in [1.807, 2.05) is 0 Å².